The number of ether oxygens (including phenoxy) is 1. The van der Waals surface area contributed by atoms with E-state index in [0.29, 0.717) is 13.2 Å². The summed E-state index contributed by atoms with van der Waals surface area (Å²) in [7, 11) is 0. The zero-order valence-electron chi connectivity index (χ0n) is 8.61. The summed E-state index contributed by atoms with van der Waals surface area (Å²) in [5, 5.41) is 21.0. The molecule has 1 fully saturated rings. The SMILES string of the molecule is OCCCNCC(O)COCC1CC1. The minimum absolute atomic E-state index is 0.196. The highest BCUT2D eigenvalue weighted by Crippen LogP contribution is 2.28. The smallest absolute Gasteiger partial charge is 0.0897 e. The highest BCUT2D eigenvalue weighted by molar-refractivity contribution is 4.72. The molecular weight excluding hydrogens is 182 g/mol. The summed E-state index contributed by atoms with van der Waals surface area (Å²) >= 11 is 0. The van der Waals surface area contributed by atoms with Crippen LogP contribution in [0.25, 0.3) is 0 Å². The van der Waals surface area contributed by atoms with Gasteiger partial charge in [0.1, 0.15) is 0 Å². The van der Waals surface area contributed by atoms with Gasteiger partial charge in [0.15, 0.2) is 0 Å². The molecule has 84 valence electrons. The molecule has 1 aliphatic carbocycles. The molecular formula is C10H21NO3. The summed E-state index contributed by atoms with van der Waals surface area (Å²) in [6.07, 6.45) is 2.87. The first kappa shape index (κ1) is 11.9. The van der Waals surface area contributed by atoms with E-state index in [1.54, 1.807) is 0 Å². The Hall–Kier alpha value is -0.160. The fraction of sp³-hybridized carbons (Fsp3) is 1.00. The van der Waals surface area contributed by atoms with Gasteiger partial charge in [0.05, 0.1) is 12.7 Å². The lowest BCUT2D eigenvalue weighted by atomic mass is 10.3. The minimum atomic E-state index is -0.424. The van der Waals surface area contributed by atoms with Crippen molar-refractivity contribution in [2.24, 2.45) is 5.92 Å². The third-order valence-electron chi connectivity index (χ3n) is 2.25. The number of hydrogen-bond donors (Lipinski definition) is 3. The highest BCUT2D eigenvalue weighted by Gasteiger charge is 2.21. The third-order valence-corrected chi connectivity index (χ3v) is 2.25. The van der Waals surface area contributed by atoms with E-state index in [2.05, 4.69) is 5.32 Å². The number of hydrogen-bond acceptors (Lipinski definition) is 4. The molecule has 0 amide bonds. The van der Waals surface area contributed by atoms with Gasteiger partial charge in [0.25, 0.3) is 0 Å². The Morgan fingerprint density at radius 1 is 1.43 bits per heavy atom. The van der Waals surface area contributed by atoms with E-state index in [-0.39, 0.29) is 6.61 Å². The maximum Gasteiger partial charge on any atom is 0.0897 e. The van der Waals surface area contributed by atoms with Gasteiger partial charge in [-0.2, -0.15) is 0 Å². The fourth-order valence-electron chi connectivity index (χ4n) is 1.19. The molecule has 1 aliphatic rings. The Bertz CT molecular complexity index is 139. The molecule has 0 aromatic heterocycles. The first-order chi connectivity index (χ1) is 6.83. The summed E-state index contributed by atoms with van der Waals surface area (Å²) < 4.78 is 5.34. The Balaban J connectivity index is 1.79. The predicted octanol–water partition coefficient (Wildman–Crippen LogP) is -0.254. The van der Waals surface area contributed by atoms with Crippen LogP contribution < -0.4 is 5.32 Å². The van der Waals surface area contributed by atoms with E-state index in [1.807, 2.05) is 0 Å². The molecule has 0 aromatic carbocycles. The molecule has 1 rings (SSSR count). The van der Waals surface area contributed by atoms with Crippen LogP contribution >= 0.6 is 0 Å². The lowest BCUT2D eigenvalue weighted by Gasteiger charge is -2.11. The first-order valence-electron chi connectivity index (χ1n) is 5.40. The molecule has 0 bridgehead atoms. The first-order valence-corrected chi connectivity index (χ1v) is 5.40. The summed E-state index contributed by atoms with van der Waals surface area (Å²) in [5.74, 6) is 0.754. The minimum Gasteiger partial charge on any atom is -0.396 e. The van der Waals surface area contributed by atoms with Crippen molar-refractivity contribution >= 4 is 0 Å². The topological polar surface area (TPSA) is 61.7 Å². The van der Waals surface area contributed by atoms with E-state index < -0.39 is 6.10 Å². The van der Waals surface area contributed by atoms with Gasteiger partial charge in [0.2, 0.25) is 0 Å². The van der Waals surface area contributed by atoms with Gasteiger partial charge < -0.3 is 20.3 Å². The Labute approximate surface area is 85.3 Å². The number of aliphatic hydroxyl groups is 2. The van der Waals surface area contributed by atoms with Crippen molar-refractivity contribution in [1.29, 1.82) is 0 Å². The zero-order valence-corrected chi connectivity index (χ0v) is 8.61. The van der Waals surface area contributed by atoms with Crippen molar-refractivity contribution in [3.8, 4) is 0 Å². The summed E-state index contributed by atoms with van der Waals surface area (Å²) in [6.45, 7) is 2.71. The normalized spacial score (nSPS) is 18.4. The molecule has 1 atom stereocenters. The maximum atomic E-state index is 9.43. The van der Waals surface area contributed by atoms with Crippen molar-refractivity contribution in [1.82, 2.24) is 5.32 Å². The van der Waals surface area contributed by atoms with Crippen molar-refractivity contribution in [2.45, 2.75) is 25.4 Å². The number of nitrogens with one attached hydrogen (secondary N) is 1. The largest absolute Gasteiger partial charge is 0.396 e. The summed E-state index contributed by atoms with van der Waals surface area (Å²) in [6, 6.07) is 0. The molecule has 0 heterocycles. The van der Waals surface area contributed by atoms with Crippen LogP contribution in [0.3, 0.4) is 0 Å². The average Bonchev–Trinajstić information content (AvgIpc) is 2.96. The van der Waals surface area contributed by atoms with Crippen molar-refractivity contribution < 1.29 is 14.9 Å². The molecule has 4 nitrogen and oxygen atoms in total. The van der Waals surface area contributed by atoms with Crippen LogP contribution in [-0.2, 0) is 4.74 Å². The Morgan fingerprint density at radius 3 is 2.86 bits per heavy atom. The maximum absolute atomic E-state index is 9.43. The molecule has 0 radical (unpaired) electrons. The number of aliphatic hydroxyl groups excluding tert-OH is 2. The lowest BCUT2D eigenvalue weighted by molar-refractivity contribution is 0.0325. The van der Waals surface area contributed by atoms with Gasteiger partial charge >= 0.3 is 0 Å². The molecule has 14 heavy (non-hydrogen) atoms. The lowest BCUT2D eigenvalue weighted by Crippen LogP contribution is -2.31. The zero-order chi connectivity index (χ0) is 10.2. The second-order valence-corrected chi connectivity index (χ2v) is 3.92. The molecule has 1 saturated carbocycles. The fourth-order valence-corrected chi connectivity index (χ4v) is 1.19. The quantitative estimate of drug-likeness (QED) is 0.452. The summed E-state index contributed by atoms with van der Waals surface area (Å²) in [5.41, 5.74) is 0. The van der Waals surface area contributed by atoms with Crippen LogP contribution in [0.4, 0.5) is 0 Å². The molecule has 0 aliphatic heterocycles. The van der Waals surface area contributed by atoms with E-state index in [0.717, 1.165) is 25.5 Å². The van der Waals surface area contributed by atoms with Gasteiger partial charge in [-0.25, -0.2) is 0 Å². The van der Waals surface area contributed by atoms with Crippen molar-refractivity contribution in [3.63, 3.8) is 0 Å². The van der Waals surface area contributed by atoms with E-state index in [9.17, 15) is 5.11 Å². The molecule has 0 saturated heterocycles. The molecule has 1 unspecified atom stereocenters. The summed E-state index contributed by atoms with van der Waals surface area (Å²) in [4.78, 5) is 0. The van der Waals surface area contributed by atoms with Gasteiger partial charge in [-0.15, -0.1) is 0 Å². The van der Waals surface area contributed by atoms with E-state index >= 15 is 0 Å². The van der Waals surface area contributed by atoms with Crippen LogP contribution in [0.5, 0.6) is 0 Å². The number of rotatable bonds is 9. The average molecular weight is 203 g/mol. The predicted molar refractivity (Wildman–Crippen MR) is 54.1 cm³/mol. The highest BCUT2D eigenvalue weighted by atomic mass is 16.5. The van der Waals surface area contributed by atoms with E-state index in [1.165, 1.54) is 12.8 Å². The van der Waals surface area contributed by atoms with Gasteiger partial charge in [-0.1, -0.05) is 0 Å². The second-order valence-electron chi connectivity index (χ2n) is 3.92. The van der Waals surface area contributed by atoms with Crippen LogP contribution in [0, 0.1) is 5.92 Å². The molecule has 4 heteroatoms. The van der Waals surface area contributed by atoms with Crippen LogP contribution in [-0.4, -0.2) is 49.2 Å². The second kappa shape index (κ2) is 7.17. The van der Waals surface area contributed by atoms with Gasteiger partial charge in [-0.3, -0.25) is 0 Å². The molecule has 0 spiro atoms. The van der Waals surface area contributed by atoms with E-state index in [4.69, 9.17) is 9.84 Å². The standard InChI is InChI=1S/C10H21NO3/c12-5-1-4-11-6-10(13)8-14-7-9-2-3-9/h9-13H,1-8H2. The van der Waals surface area contributed by atoms with Crippen LogP contribution in [0.1, 0.15) is 19.3 Å². The van der Waals surface area contributed by atoms with Crippen molar-refractivity contribution in [3.05, 3.63) is 0 Å². The Morgan fingerprint density at radius 2 is 2.21 bits per heavy atom. The van der Waals surface area contributed by atoms with Crippen LogP contribution in [0.15, 0.2) is 0 Å². The Kier molecular flexibility index (Phi) is 6.10. The molecule has 3 N–H and O–H groups in total. The van der Waals surface area contributed by atoms with Gasteiger partial charge in [-0.05, 0) is 31.7 Å². The van der Waals surface area contributed by atoms with Gasteiger partial charge in [0, 0.05) is 19.8 Å². The van der Waals surface area contributed by atoms with Crippen LogP contribution in [0.2, 0.25) is 0 Å². The molecule has 0 aromatic rings. The third kappa shape index (κ3) is 6.32. The monoisotopic (exact) mass is 203 g/mol. The van der Waals surface area contributed by atoms with Crippen molar-refractivity contribution in [2.75, 3.05) is 32.9 Å².